The van der Waals surface area contributed by atoms with Crippen LogP contribution < -0.4 is 5.32 Å². The number of carbonyl (C=O) groups excluding carboxylic acids is 2. The van der Waals surface area contributed by atoms with Crippen LogP contribution in [0.3, 0.4) is 0 Å². The SMILES string of the molecule is CC(C)C(C)NC(=O)CCC=O. The van der Waals surface area contributed by atoms with Gasteiger partial charge < -0.3 is 10.1 Å². The van der Waals surface area contributed by atoms with Crippen LogP contribution in [-0.4, -0.2) is 18.2 Å². The molecule has 0 aromatic rings. The standard InChI is InChI=1S/C9H17NO2/c1-7(2)8(3)10-9(12)5-4-6-11/h6-8H,4-5H2,1-3H3,(H,10,12). The molecule has 0 aliphatic carbocycles. The van der Waals surface area contributed by atoms with Crippen molar-refractivity contribution in [3.05, 3.63) is 0 Å². The molecule has 70 valence electrons. The molecule has 0 saturated carbocycles. The van der Waals surface area contributed by atoms with E-state index in [0.717, 1.165) is 6.29 Å². The van der Waals surface area contributed by atoms with E-state index in [1.807, 2.05) is 20.8 Å². The third-order valence-corrected chi connectivity index (χ3v) is 1.88. The van der Waals surface area contributed by atoms with E-state index in [-0.39, 0.29) is 11.9 Å². The fraction of sp³-hybridized carbons (Fsp3) is 0.778. The molecule has 1 atom stereocenters. The Labute approximate surface area is 73.5 Å². The molecule has 0 spiro atoms. The summed E-state index contributed by atoms with van der Waals surface area (Å²) in [5, 5.41) is 2.82. The van der Waals surface area contributed by atoms with E-state index in [1.165, 1.54) is 0 Å². The second-order valence-electron chi connectivity index (χ2n) is 3.31. The van der Waals surface area contributed by atoms with Crippen molar-refractivity contribution in [3.8, 4) is 0 Å². The summed E-state index contributed by atoms with van der Waals surface area (Å²) in [6.07, 6.45) is 1.39. The van der Waals surface area contributed by atoms with Crippen LogP contribution in [0.1, 0.15) is 33.6 Å². The summed E-state index contributed by atoms with van der Waals surface area (Å²) in [6.45, 7) is 6.05. The summed E-state index contributed by atoms with van der Waals surface area (Å²) in [5.74, 6) is 0.397. The summed E-state index contributed by atoms with van der Waals surface area (Å²) in [4.78, 5) is 21.0. The van der Waals surface area contributed by atoms with E-state index >= 15 is 0 Å². The third kappa shape index (κ3) is 4.88. The fourth-order valence-electron chi connectivity index (χ4n) is 0.683. The van der Waals surface area contributed by atoms with Gasteiger partial charge in [-0.15, -0.1) is 0 Å². The highest BCUT2D eigenvalue weighted by Gasteiger charge is 2.09. The van der Waals surface area contributed by atoms with Crippen LogP contribution >= 0.6 is 0 Å². The predicted molar refractivity (Wildman–Crippen MR) is 47.7 cm³/mol. The van der Waals surface area contributed by atoms with Crippen LogP contribution in [0, 0.1) is 5.92 Å². The Bertz CT molecular complexity index is 155. The van der Waals surface area contributed by atoms with Crippen LogP contribution in [0.4, 0.5) is 0 Å². The van der Waals surface area contributed by atoms with Gasteiger partial charge in [-0.05, 0) is 12.8 Å². The molecule has 0 bridgehead atoms. The van der Waals surface area contributed by atoms with Crippen LogP contribution in [0.2, 0.25) is 0 Å². The van der Waals surface area contributed by atoms with Crippen molar-refractivity contribution in [2.24, 2.45) is 5.92 Å². The normalized spacial score (nSPS) is 12.7. The molecule has 0 aromatic carbocycles. The number of rotatable bonds is 5. The van der Waals surface area contributed by atoms with E-state index in [1.54, 1.807) is 0 Å². The molecule has 1 amide bonds. The molecule has 0 aromatic heterocycles. The second-order valence-corrected chi connectivity index (χ2v) is 3.31. The van der Waals surface area contributed by atoms with Gasteiger partial charge >= 0.3 is 0 Å². The zero-order chi connectivity index (χ0) is 9.56. The van der Waals surface area contributed by atoms with Gasteiger partial charge in [0.2, 0.25) is 5.91 Å². The summed E-state index contributed by atoms with van der Waals surface area (Å²) in [5.41, 5.74) is 0. The third-order valence-electron chi connectivity index (χ3n) is 1.88. The van der Waals surface area contributed by atoms with Crippen molar-refractivity contribution in [1.29, 1.82) is 0 Å². The van der Waals surface area contributed by atoms with Gasteiger partial charge in [0.25, 0.3) is 0 Å². The minimum atomic E-state index is -0.0386. The zero-order valence-electron chi connectivity index (χ0n) is 7.96. The Morgan fingerprint density at radius 1 is 1.42 bits per heavy atom. The molecule has 0 fully saturated rings. The lowest BCUT2D eigenvalue weighted by Crippen LogP contribution is -2.35. The van der Waals surface area contributed by atoms with E-state index in [0.29, 0.717) is 18.8 Å². The monoisotopic (exact) mass is 171 g/mol. The summed E-state index contributed by atoms with van der Waals surface area (Å²) in [6, 6.07) is 0.184. The predicted octanol–water partition coefficient (Wildman–Crippen LogP) is 1.13. The maximum atomic E-state index is 11.0. The molecule has 12 heavy (non-hydrogen) atoms. The van der Waals surface area contributed by atoms with Crippen molar-refractivity contribution < 1.29 is 9.59 Å². The zero-order valence-corrected chi connectivity index (χ0v) is 7.96. The van der Waals surface area contributed by atoms with Crippen LogP contribution in [0.5, 0.6) is 0 Å². The minimum Gasteiger partial charge on any atom is -0.353 e. The Morgan fingerprint density at radius 2 is 2.00 bits per heavy atom. The molecule has 0 aliphatic heterocycles. The first kappa shape index (κ1) is 11.1. The van der Waals surface area contributed by atoms with Crippen molar-refractivity contribution in [2.45, 2.75) is 39.7 Å². The summed E-state index contributed by atoms with van der Waals surface area (Å²) >= 11 is 0. The molecule has 3 heteroatoms. The van der Waals surface area contributed by atoms with Gasteiger partial charge in [0.05, 0.1) is 0 Å². The van der Waals surface area contributed by atoms with Crippen molar-refractivity contribution in [3.63, 3.8) is 0 Å². The van der Waals surface area contributed by atoms with E-state index < -0.39 is 0 Å². The smallest absolute Gasteiger partial charge is 0.220 e. The van der Waals surface area contributed by atoms with E-state index in [9.17, 15) is 9.59 Å². The van der Waals surface area contributed by atoms with Gasteiger partial charge in [-0.2, -0.15) is 0 Å². The number of nitrogens with one attached hydrogen (secondary N) is 1. The van der Waals surface area contributed by atoms with Crippen molar-refractivity contribution in [2.75, 3.05) is 0 Å². The van der Waals surface area contributed by atoms with Crippen LogP contribution in [0.25, 0.3) is 0 Å². The highest BCUT2D eigenvalue weighted by Crippen LogP contribution is 2.00. The average Bonchev–Trinajstić information content (AvgIpc) is 2.00. The van der Waals surface area contributed by atoms with Gasteiger partial charge in [-0.1, -0.05) is 13.8 Å². The van der Waals surface area contributed by atoms with Crippen LogP contribution in [-0.2, 0) is 9.59 Å². The minimum absolute atomic E-state index is 0.0386. The lowest BCUT2D eigenvalue weighted by Gasteiger charge is -2.16. The van der Waals surface area contributed by atoms with Gasteiger partial charge in [-0.25, -0.2) is 0 Å². The largest absolute Gasteiger partial charge is 0.353 e. The molecule has 0 saturated heterocycles. The first-order valence-electron chi connectivity index (χ1n) is 4.31. The molecule has 0 radical (unpaired) electrons. The maximum absolute atomic E-state index is 11.0. The van der Waals surface area contributed by atoms with E-state index in [4.69, 9.17) is 0 Å². The topological polar surface area (TPSA) is 46.2 Å². The lowest BCUT2D eigenvalue weighted by atomic mass is 10.1. The molecular weight excluding hydrogens is 154 g/mol. The quantitative estimate of drug-likeness (QED) is 0.630. The van der Waals surface area contributed by atoms with E-state index in [2.05, 4.69) is 5.32 Å². The molecule has 1 N–H and O–H groups in total. The first-order valence-corrected chi connectivity index (χ1v) is 4.31. The van der Waals surface area contributed by atoms with Crippen LogP contribution in [0.15, 0.2) is 0 Å². The van der Waals surface area contributed by atoms with Gasteiger partial charge in [0.15, 0.2) is 0 Å². The number of carbonyl (C=O) groups is 2. The van der Waals surface area contributed by atoms with Crippen molar-refractivity contribution in [1.82, 2.24) is 5.32 Å². The first-order chi connectivity index (χ1) is 5.57. The highest BCUT2D eigenvalue weighted by molar-refractivity contribution is 5.78. The molecule has 0 aliphatic rings. The number of hydrogen-bond donors (Lipinski definition) is 1. The number of hydrogen-bond acceptors (Lipinski definition) is 2. The molecular formula is C9H17NO2. The fourth-order valence-corrected chi connectivity index (χ4v) is 0.683. The number of aldehydes is 1. The Balaban J connectivity index is 3.61. The summed E-state index contributed by atoms with van der Waals surface area (Å²) < 4.78 is 0. The number of amides is 1. The summed E-state index contributed by atoms with van der Waals surface area (Å²) in [7, 11) is 0. The molecule has 1 unspecified atom stereocenters. The Kier molecular flexibility index (Phi) is 5.34. The van der Waals surface area contributed by atoms with Gasteiger partial charge in [0.1, 0.15) is 6.29 Å². The maximum Gasteiger partial charge on any atom is 0.220 e. The van der Waals surface area contributed by atoms with Crippen molar-refractivity contribution >= 4 is 12.2 Å². The Hall–Kier alpha value is -0.860. The highest BCUT2D eigenvalue weighted by atomic mass is 16.1. The molecule has 0 heterocycles. The molecule has 0 rings (SSSR count). The lowest BCUT2D eigenvalue weighted by molar-refractivity contribution is -0.123. The van der Waals surface area contributed by atoms with Gasteiger partial charge in [0, 0.05) is 18.9 Å². The van der Waals surface area contributed by atoms with Gasteiger partial charge in [-0.3, -0.25) is 4.79 Å². The molecule has 3 nitrogen and oxygen atoms in total. The second kappa shape index (κ2) is 5.75. The Morgan fingerprint density at radius 3 is 2.42 bits per heavy atom. The average molecular weight is 171 g/mol.